The SMILES string of the molecule is O=C(Cn1c(=O)[nH]c2ccccc21)N1CCN(Cc2ccc(Cl)cc2)C(=O)C1. The molecule has 1 N–H and O–H groups in total. The largest absolute Gasteiger partial charge is 0.335 e. The number of nitrogens with one attached hydrogen (secondary N) is 1. The number of fused-ring (bicyclic) bond motifs is 1. The Morgan fingerprint density at radius 1 is 1.04 bits per heavy atom. The number of carbonyl (C=O) groups is 2. The summed E-state index contributed by atoms with van der Waals surface area (Å²) in [4.78, 5) is 43.3. The zero-order chi connectivity index (χ0) is 19.7. The number of hydrogen-bond acceptors (Lipinski definition) is 3. The van der Waals surface area contributed by atoms with E-state index in [9.17, 15) is 14.4 Å². The van der Waals surface area contributed by atoms with Crippen LogP contribution in [0.4, 0.5) is 0 Å². The van der Waals surface area contributed by atoms with E-state index in [2.05, 4.69) is 4.98 Å². The molecule has 0 spiro atoms. The van der Waals surface area contributed by atoms with Crippen molar-refractivity contribution in [3.05, 3.63) is 69.6 Å². The molecular formula is C20H19ClN4O3. The van der Waals surface area contributed by atoms with Crippen LogP contribution < -0.4 is 5.69 Å². The molecule has 28 heavy (non-hydrogen) atoms. The van der Waals surface area contributed by atoms with Crippen molar-refractivity contribution in [2.24, 2.45) is 0 Å². The number of piperazine rings is 1. The molecule has 7 nitrogen and oxygen atoms in total. The van der Waals surface area contributed by atoms with Crippen LogP contribution in [0.15, 0.2) is 53.3 Å². The lowest BCUT2D eigenvalue weighted by molar-refractivity contribution is -0.146. The Morgan fingerprint density at radius 2 is 1.79 bits per heavy atom. The molecule has 3 aromatic rings. The third kappa shape index (κ3) is 3.66. The number of imidazole rings is 1. The fraction of sp³-hybridized carbons (Fsp3) is 0.250. The van der Waals surface area contributed by atoms with Crippen molar-refractivity contribution < 1.29 is 9.59 Å². The minimum absolute atomic E-state index is 0.0174. The van der Waals surface area contributed by atoms with Gasteiger partial charge >= 0.3 is 5.69 Å². The number of H-pyrrole nitrogens is 1. The number of amides is 2. The van der Waals surface area contributed by atoms with Crippen LogP contribution in [0.3, 0.4) is 0 Å². The van der Waals surface area contributed by atoms with Crippen LogP contribution in [0.5, 0.6) is 0 Å². The van der Waals surface area contributed by atoms with Crippen molar-refractivity contribution in [1.82, 2.24) is 19.4 Å². The van der Waals surface area contributed by atoms with E-state index in [4.69, 9.17) is 11.6 Å². The van der Waals surface area contributed by atoms with Gasteiger partial charge in [0.15, 0.2) is 0 Å². The predicted molar refractivity (Wildman–Crippen MR) is 106 cm³/mol. The van der Waals surface area contributed by atoms with Gasteiger partial charge in [-0.15, -0.1) is 0 Å². The second-order valence-corrected chi connectivity index (χ2v) is 7.23. The average Bonchev–Trinajstić information content (AvgIpc) is 3.00. The maximum absolute atomic E-state index is 12.7. The van der Waals surface area contributed by atoms with E-state index >= 15 is 0 Å². The number of rotatable bonds is 4. The second kappa shape index (κ2) is 7.52. The van der Waals surface area contributed by atoms with Gasteiger partial charge in [0.05, 0.1) is 17.6 Å². The Hall–Kier alpha value is -3.06. The normalized spacial score (nSPS) is 14.7. The highest BCUT2D eigenvalue weighted by molar-refractivity contribution is 6.30. The van der Waals surface area contributed by atoms with Gasteiger partial charge < -0.3 is 14.8 Å². The maximum Gasteiger partial charge on any atom is 0.326 e. The molecule has 0 atom stereocenters. The highest BCUT2D eigenvalue weighted by atomic mass is 35.5. The molecule has 1 saturated heterocycles. The van der Waals surface area contributed by atoms with Crippen molar-refractivity contribution in [2.75, 3.05) is 19.6 Å². The van der Waals surface area contributed by atoms with Crippen LogP contribution >= 0.6 is 11.6 Å². The Balaban J connectivity index is 1.41. The van der Waals surface area contributed by atoms with Crippen LogP contribution in [-0.2, 0) is 22.7 Å². The summed E-state index contributed by atoms with van der Waals surface area (Å²) in [7, 11) is 0. The van der Waals surface area contributed by atoms with E-state index in [1.54, 1.807) is 29.2 Å². The number of hydrogen-bond donors (Lipinski definition) is 1. The standard InChI is InChI=1S/C20H19ClN4O3/c21-15-7-5-14(6-8-15)11-23-9-10-24(12-18(23)26)19(27)13-25-17-4-2-1-3-16(17)22-20(25)28/h1-8H,9-13H2,(H,22,28). The molecule has 144 valence electrons. The first kappa shape index (κ1) is 18.3. The smallest absolute Gasteiger partial charge is 0.326 e. The minimum Gasteiger partial charge on any atom is -0.335 e. The minimum atomic E-state index is -0.331. The fourth-order valence-corrected chi connectivity index (χ4v) is 3.52. The third-order valence-electron chi connectivity index (χ3n) is 4.93. The lowest BCUT2D eigenvalue weighted by Gasteiger charge is -2.34. The summed E-state index contributed by atoms with van der Waals surface area (Å²) in [5.74, 6) is -0.354. The van der Waals surface area contributed by atoms with E-state index in [1.807, 2.05) is 24.3 Å². The first-order valence-electron chi connectivity index (χ1n) is 8.99. The van der Waals surface area contributed by atoms with Crippen molar-refractivity contribution in [2.45, 2.75) is 13.1 Å². The number of halogens is 1. The van der Waals surface area contributed by atoms with Crippen LogP contribution in [0, 0.1) is 0 Å². The van der Waals surface area contributed by atoms with Crippen LogP contribution in [0.1, 0.15) is 5.56 Å². The number of para-hydroxylation sites is 2. The van der Waals surface area contributed by atoms with Crippen LogP contribution in [0.2, 0.25) is 5.02 Å². The molecule has 2 heterocycles. The second-order valence-electron chi connectivity index (χ2n) is 6.79. The van der Waals surface area contributed by atoms with Gasteiger partial charge in [-0.1, -0.05) is 35.9 Å². The van der Waals surface area contributed by atoms with E-state index in [0.29, 0.717) is 35.7 Å². The highest BCUT2D eigenvalue weighted by Gasteiger charge is 2.27. The molecule has 4 rings (SSSR count). The summed E-state index contributed by atoms with van der Waals surface area (Å²) in [6.07, 6.45) is 0. The van der Waals surface area contributed by atoms with E-state index < -0.39 is 0 Å². The van der Waals surface area contributed by atoms with Gasteiger partial charge in [0.25, 0.3) is 0 Å². The number of benzene rings is 2. The number of nitrogens with zero attached hydrogens (tertiary/aromatic N) is 3. The van der Waals surface area contributed by atoms with Gasteiger partial charge in [0.2, 0.25) is 11.8 Å². The van der Waals surface area contributed by atoms with Gasteiger partial charge in [-0.3, -0.25) is 14.2 Å². The number of carbonyl (C=O) groups excluding carboxylic acids is 2. The molecule has 0 unspecified atom stereocenters. The first-order chi connectivity index (χ1) is 13.5. The summed E-state index contributed by atoms with van der Waals surface area (Å²) in [5, 5.41) is 0.651. The Labute approximate surface area is 166 Å². The molecule has 1 aliphatic rings. The molecule has 1 aliphatic heterocycles. The summed E-state index contributed by atoms with van der Waals surface area (Å²) in [5.41, 5.74) is 2.02. The lowest BCUT2D eigenvalue weighted by Crippen LogP contribution is -2.52. The fourth-order valence-electron chi connectivity index (χ4n) is 3.40. The molecule has 0 saturated carbocycles. The maximum atomic E-state index is 12.7. The Morgan fingerprint density at radius 3 is 2.54 bits per heavy atom. The van der Waals surface area contributed by atoms with Crippen molar-refractivity contribution in [3.8, 4) is 0 Å². The molecule has 2 amide bonds. The summed E-state index contributed by atoms with van der Waals surface area (Å²) in [6.45, 7) is 1.31. The van der Waals surface area contributed by atoms with E-state index in [0.717, 1.165) is 5.56 Å². The van der Waals surface area contributed by atoms with Crippen molar-refractivity contribution in [1.29, 1.82) is 0 Å². The van der Waals surface area contributed by atoms with Gasteiger partial charge in [-0.25, -0.2) is 4.79 Å². The zero-order valence-electron chi connectivity index (χ0n) is 15.1. The van der Waals surface area contributed by atoms with E-state index in [1.165, 1.54) is 9.47 Å². The topological polar surface area (TPSA) is 78.4 Å². The average molecular weight is 399 g/mol. The Kier molecular flexibility index (Phi) is 4.92. The predicted octanol–water partition coefficient (Wildman–Crippen LogP) is 1.85. The quantitative estimate of drug-likeness (QED) is 0.728. The molecular weight excluding hydrogens is 380 g/mol. The summed E-state index contributed by atoms with van der Waals surface area (Å²) >= 11 is 5.89. The van der Waals surface area contributed by atoms with Gasteiger partial charge in [0, 0.05) is 24.7 Å². The highest BCUT2D eigenvalue weighted by Crippen LogP contribution is 2.14. The number of aromatic amines is 1. The van der Waals surface area contributed by atoms with Crippen molar-refractivity contribution in [3.63, 3.8) is 0 Å². The zero-order valence-corrected chi connectivity index (χ0v) is 15.9. The molecule has 8 heteroatoms. The van der Waals surface area contributed by atoms with E-state index in [-0.39, 0.29) is 30.6 Å². The molecule has 0 bridgehead atoms. The number of aromatic nitrogens is 2. The Bertz CT molecular complexity index is 1090. The van der Waals surface area contributed by atoms with Crippen molar-refractivity contribution >= 4 is 34.4 Å². The third-order valence-corrected chi connectivity index (χ3v) is 5.19. The summed E-state index contributed by atoms with van der Waals surface area (Å²) < 4.78 is 1.40. The van der Waals surface area contributed by atoms with Gasteiger partial charge in [-0.2, -0.15) is 0 Å². The first-order valence-corrected chi connectivity index (χ1v) is 9.36. The lowest BCUT2D eigenvalue weighted by atomic mass is 10.2. The molecule has 2 aromatic carbocycles. The van der Waals surface area contributed by atoms with Crippen LogP contribution in [0.25, 0.3) is 11.0 Å². The molecule has 0 radical (unpaired) electrons. The van der Waals surface area contributed by atoms with Crippen LogP contribution in [-0.4, -0.2) is 50.8 Å². The monoisotopic (exact) mass is 398 g/mol. The molecule has 1 aromatic heterocycles. The van der Waals surface area contributed by atoms with Gasteiger partial charge in [0.1, 0.15) is 6.54 Å². The molecule has 0 aliphatic carbocycles. The molecule has 1 fully saturated rings. The summed E-state index contributed by atoms with van der Waals surface area (Å²) in [6, 6.07) is 14.6. The van der Waals surface area contributed by atoms with Gasteiger partial charge in [-0.05, 0) is 29.8 Å².